The van der Waals surface area contributed by atoms with E-state index in [1.54, 1.807) is 0 Å². The molecule has 0 saturated heterocycles. The molecule has 2 aromatic rings. The topological polar surface area (TPSA) is 49.3 Å². The molecule has 0 atom stereocenters. The van der Waals surface area contributed by atoms with Gasteiger partial charge in [0.2, 0.25) is 0 Å². The van der Waals surface area contributed by atoms with Crippen LogP contribution in [-0.2, 0) is 6.54 Å². The minimum absolute atomic E-state index is 0.0222. The van der Waals surface area contributed by atoms with Crippen LogP contribution in [-0.4, -0.2) is 11.0 Å². The summed E-state index contributed by atoms with van der Waals surface area (Å²) in [5, 5.41) is 11.6. The van der Waals surface area contributed by atoms with Crippen LogP contribution in [0.25, 0.3) is 0 Å². The van der Waals surface area contributed by atoms with Crippen molar-refractivity contribution < 1.29 is 18.7 Å². The predicted molar refractivity (Wildman–Crippen MR) is 65.6 cm³/mol. The number of amides is 1. The van der Waals surface area contributed by atoms with E-state index in [-0.39, 0.29) is 18.2 Å². The number of benzene rings is 2. The Morgan fingerprint density at radius 3 is 2.21 bits per heavy atom. The quantitative estimate of drug-likeness (QED) is 0.894. The van der Waals surface area contributed by atoms with Crippen molar-refractivity contribution in [1.29, 1.82) is 0 Å². The summed E-state index contributed by atoms with van der Waals surface area (Å²) in [6.45, 7) is 0.0222. The molecule has 0 heterocycles. The molecule has 0 bridgehead atoms. The summed E-state index contributed by atoms with van der Waals surface area (Å²) >= 11 is 0. The maximum absolute atomic E-state index is 12.9. The third-order valence-corrected chi connectivity index (χ3v) is 2.50. The van der Waals surface area contributed by atoms with Gasteiger partial charge in [0.1, 0.15) is 17.4 Å². The third-order valence-electron chi connectivity index (χ3n) is 2.50. The Bertz CT molecular complexity index is 577. The summed E-state index contributed by atoms with van der Waals surface area (Å²) in [6, 6.07) is 8.76. The summed E-state index contributed by atoms with van der Waals surface area (Å²) in [5.74, 6) is -1.70. The SMILES string of the molecule is O=C(NCc1cc(F)cc(F)c1)c1ccc(O)cc1. The molecular formula is C14H11F2NO2. The zero-order valence-electron chi connectivity index (χ0n) is 9.86. The van der Waals surface area contributed by atoms with Gasteiger partial charge in [0.25, 0.3) is 5.91 Å². The number of carbonyl (C=O) groups excluding carboxylic acids is 1. The van der Waals surface area contributed by atoms with Crippen molar-refractivity contribution in [2.24, 2.45) is 0 Å². The van der Waals surface area contributed by atoms with Crippen LogP contribution in [0.5, 0.6) is 5.75 Å². The van der Waals surface area contributed by atoms with E-state index in [0.717, 1.165) is 18.2 Å². The van der Waals surface area contributed by atoms with Crippen molar-refractivity contribution in [1.82, 2.24) is 5.32 Å². The Kier molecular flexibility index (Phi) is 3.75. The van der Waals surface area contributed by atoms with Crippen molar-refractivity contribution in [3.05, 3.63) is 65.2 Å². The fraction of sp³-hybridized carbons (Fsp3) is 0.0714. The van der Waals surface area contributed by atoms with Crippen LogP contribution in [0, 0.1) is 11.6 Å². The molecule has 0 aliphatic heterocycles. The van der Waals surface area contributed by atoms with Crippen molar-refractivity contribution in [2.45, 2.75) is 6.54 Å². The predicted octanol–water partition coefficient (Wildman–Crippen LogP) is 2.60. The average molecular weight is 263 g/mol. The summed E-state index contributed by atoms with van der Waals surface area (Å²) in [6.07, 6.45) is 0. The van der Waals surface area contributed by atoms with Crippen LogP contribution in [0.4, 0.5) is 8.78 Å². The number of carbonyl (C=O) groups is 1. The molecule has 19 heavy (non-hydrogen) atoms. The van der Waals surface area contributed by atoms with Gasteiger partial charge in [0.15, 0.2) is 0 Å². The largest absolute Gasteiger partial charge is 0.508 e. The van der Waals surface area contributed by atoms with Gasteiger partial charge >= 0.3 is 0 Å². The Morgan fingerprint density at radius 1 is 1.05 bits per heavy atom. The Hall–Kier alpha value is -2.43. The van der Waals surface area contributed by atoms with Crippen molar-refractivity contribution >= 4 is 5.91 Å². The van der Waals surface area contributed by atoms with Crippen LogP contribution in [0.1, 0.15) is 15.9 Å². The number of phenolic OH excluding ortho intramolecular Hbond substituents is 1. The zero-order valence-corrected chi connectivity index (χ0v) is 9.86. The van der Waals surface area contributed by atoms with Crippen LogP contribution in [0.2, 0.25) is 0 Å². The van der Waals surface area contributed by atoms with Crippen LogP contribution >= 0.6 is 0 Å². The van der Waals surface area contributed by atoms with E-state index in [1.807, 2.05) is 0 Å². The van der Waals surface area contributed by atoms with E-state index in [0.29, 0.717) is 11.1 Å². The van der Waals surface area contributed by atoms with E-state index in [1.165, 1.54) is 24.3 Å². The van der Waals surface area contributed by atoms with Gasteiger partial charge in [-0.1, -0.05) is 0 Å². The molecule has 0 aromatic heterocycles. The maximum Gasteiger partial charge on any atom is 0.251 e. The molecule has 5 heteroatoms. The molecule has 0 radical (unpaired) electrons. The van der Waals surface area contributed by atoms with Gasteiger partial charge in [-0.25, -0.2) is 8.78 Å². The summed E-state index contributed by atoms with van der Waals surface area (Å²) in [7, 11) is 0. The van der Waals surface area contributed by atoms with Gasteiger partial charge in [0.05, 0.1) is 0 Å². The molecular weight excluding hydrogens is 252 g/mol. The molecule has 0 spiro atoms. The number of hydrogen-bond acceptors (Lipinski definition) is 2. The molecule has 2 aromatic carbocycles. The Morgan fingerprint density at radius 2 is 1.63 bits per heavy atom. The van der Waals surface area contributed by atoms with Gasteiger partial charge in [-0.15, -0.1) is 0 Å². The van der Waals surface area contributed by atoms with Gasteiger partial charge in [-0.3, -0.25) is 4.79 Å². The molecule has 0 aliphatic carbocycles. The second-order valence-corrected chi connectivity index (χ2v) is 4.01. The fourth-order valence-electron chi connectivity index (χ4n) is 1.61. The highest BCUT2D eigenvalue weighted by Gasteiger charge is 2.06. The zero-order chi connectivity index (χ0) is 13.8. The first-order valence-electron chi connectivity index (χ1n) is 5.57. The first-order valence-corrected chi connectivity index (χ1v) is 5.57. The highest BCUT2D eigenvalue weighted by atomic mass is 19.1. The number of rotatable bonds is 3. The molecule has 2 rings (SSSR count). The van der Waals surface area contributed by atoms with E-state index >= 15 is 0 Å². The van der Waals surface area contributed by atoms with Gasteiger partial charge in [-0.2, -0.15) is 0 Å². The minimum Gasteiger partial charge on any atom is -0.508 e. The monoisotopic (exact) mass is 263 g/mol. The number of hydrogen-bond donors (Lipinski definition) is 2. The van der Waals surface area contributed by atoms with Crippen LogP contribution in [0.3, 0.4) is 0 Å². The number of nitrogens with one attached hydrogen (secondary N) is 1. The van der Waals surface area contributed by atoms with Crippen molar-refractivity contribution in [3.63, 3.8) is 0 Å². The van der Waals surface area contributed by atoms with E-state index < -0.39 is 11.6 Å². The molecule has 0 aliphatic rings. The van der Waals surface area contributed by atoms with Crippen LogP contribution in [0.15, 0.2) is 42.5 Å². The lowest BCUT2D eigenvalue weighted by molar-refractivity contribution is 0.0951. The molecule has 0 saturated carbocycles. The van der Waals surface area contributed by atoms with Crippen LogP contribution < -0.4 is 5.32 Å². The third kappa shape index (κ3) is 3.51. The summed E-state index contributed by atoms with van der Waals surface area (Å²) < 4.78 is 25.9. The van der Waals surface area contributed by atoms with Gasteiger partial charge < -0.3 is 10.4 Å². The molecule has 0 fully saturated rings. The lowest BCUT2D eigenvalue weighted by atomic mass is 10.2. The number of halogens is 2. The second-order valence-electron chi connectivity index (χ2n) is 4.01. The Labute approximate surface area is 108 Å². The first kappa shape index (κ1) is 13.0. The minimum atomic E-state index is -0.686. The Balaban J connectivity index is 2.02. The summed E-state index contributed by atoms with van der Waals surface area (Å²) in [5.41, 5.74) is 0.694. The molecule has 3 nitrogen and oxygen atoms in total. The highest BCUT2D eigenvalue weighted by Crippen LogP contribution is 2.10. The van der Waals surface area contributed by atoms with Gasteiger partial charge in [-0.05, 0) is 42.0 Å². The van der Waals surface area contributed by atoms with E-state index in [9.17, 15) is 13.6 Å². The molecule has 2 N–H and O–H groups in total. The van der Waals surface area contributed by atoms with E-state index in [4.69, 9.17) is 5.11 Å². The second kappa shape index (κ2) is 5.48. The maximum atomic E-state index is 12.9. The molecule has 98 valence electrons. The summed E-state index contributed by atoms with van der Waals surface area (Å²) in [4.78, 5) is 11.7. The lowest BCUT2D eigenvalue weighted by Crippen LogP contribution is -2.22. The normalized spacial score (nSPS) is 10.2. The van der Waals surface area contributed by atoms with Gasteiger partial charge in [0, 0.05) is 18.2 Å². The number of phenols is 1. The fourth-order valence-corrected chi connectivity index (χ4v) is 1.61. The smallest absolute Gasteiger partial charge is 0.251 e. The highest BCUT2D eigenvalue weighted by molar-refractivity contribution is 5.94. The molecule has 1 amide bonds. The lowest BCUT2D eigenvalue weighted by Gasteiger charge is -2.06. The standard InChI is InChI=1S/C14H11F2NO2/c15-11-5-9(6-12(16)7-11)8-17-14(19)10-1-3-13(18)4-2-10/h1-7,18H,8H2,(H,17,19). The molecule has 0 unspecified atom stereocenters. The van der Waals surface area contributed by atoms with Crippen molar-refractivity contribution in [2.75, 3.05) is 0 Å². The average Bonchev–Trinajstić information content (AvgIpc) is 2.36. The van der Waals surface area contributed by atoms with Crippen molar-refractivity contribution in [3.8, 4) is 5.75 Å². The van der Waals surface area contributed by atoms with E-state index in [2.05, 4.69) is 5.32 Å². The first-order chi connectivity index (χ1) is 9.04. The number of aromatic hydroxyl groups is 1.